The molecule has 4 fully saturated rings. The van der Waals surface area contributed by atoms with Crippen LogP contribution in [0.3, 0.4) is 0 Å². The molecule has 4 saturated carbocycles. The molecule has 0 unspecified atom stereocenters. The Morgan fingerprint density at radius 1 is 1.27 bits per heavy atom. The van der Waals surface area contributed by atoms with Crippen molar-refractivity contribution in [2.75, 3.05) is 0 Å². The van der Waals surface area contributed by atoms with E-state index in [9.17, 15) is 10.1 Å². The van der Waals surface area contributed by atoms with Crippen LogP contribution >= 0.6 is 0 Å². The molecule has 5 aliphatic rings. The van der Waals surface area contributed by atoms with E-state index in [1.807, 2.05) is 18.5 Å². The fraction of sp³-hybridized carbons (Fsp3) is 0.571. The largest absolute Gasteiger partial charge is 0.406 e. The molecule has 26 heavy (non-hydrogen) atoms. The van der Waals surface area contributed by atoms with Crippen LogP contribution in [0.2, 0.25) is 0 Å². The zero-order valence-corrected chi connectivity index (χ0v) is 15.3. The topological polar surface area (TPSA) is 67.4 Å². The van der Waals surface area contributed by atoms with E-state index in [-0.39, 0.29) is 11.4 Å². The third-order valence-electron chi connectivity index (χ3n) is 7.09. The van der Waals surface area contributed by atoms with E-state index in [2.05, 4.69) is 11.1 Å². The van der Waals surface area contributed by atoms with E-state index in [0.717, 1.165) is 48.3 Å². The lowest BCUT2D eigenvalue weighted by atomic mass is 9.49. The summed E-state index contributed by atoms with van der Waals surface area (Å²) in [6, 6.07) is 3.97. The first kappa shape index (κ1) is 15.9. The molecule has 0 atom stereocenters. The zero-order valence-electron chi connectivity index (χ0n) is 15.3. The predicted molar refractivity (Wildman–Crippen MR) is 97.0 cm³/mol. The Bertz CT molecular complexity index is 877. The number of hydrogen-bond acceptors (Lipinski definition) is 4. The van der Waals surface area contributed by atoms with Crippen LogP contribution in [0.15, 0.2) is 16.8 Å². The minimum Gasteiger partial charge on any atom is -0.406 e. The van der Waals surface area contributed by atoms with E-state index in [1.165, 1.54) is 19.3 Å². The van der Waals surface area contributed by atoms with Gasteiger partial charge < -0.3 is 9.30 Å². The summed E-state index contributed by atoms with van der Waals surface area (Å²) in [5, 5.41) is 9.20. The van der Waals surface area contributed by atoms with Gasteiger partial charge in [0.1, 0.15) is 11.8 Å². The molecule has 0 radical (unpaired) electrons. The molecule has 0 N–H and O–H groups in total. The van der Waals surface area contributed by atoms with Gasteiger partial charge in [-0.2, -0.15) is 5.26 Å². The number of nitriles is 1. The molecule has 4 aliphatic carbocycles. The SMILES string of the molecule is Cc1c(C=C2N=C(C34CC5CC(CC(C5)C3)C4)OC2=O)cc(C#N)n1C. The minimum atomic E-state index is -0.350. The Hall–Kier alpha value is -2.35. The lowest BCUT2D eigenvalue weighted by molar-refractivity contribution is -0.131. The highest BCUT2D eigenvalue weighted by molar-refractivity contribution is 6.09. The molecule has 0 spiro atoms. The first-order valence-electron chi connectivity index (χ1n) is 9.57. The van der Waals surface area contributed by atoms with E-state index in [4.69, 9.17) is 4.74 Å². The van der Waals surface area contributed by atoms with Gasteiger partial charge in [-0.05, 0) is 80.9 Å². The summed E-state index contributed by atoms with van der Waals surface area (Å²) in [4.78, 5) is 17.2. The highest BCUT2D eigenvalue weighted by Crippen LogP contribution is 2.61. The molecule has 4 bridgehead atoms. The van der Waals surface area contributed by atoms with Crippen molar-refractivity contribution in [3.05, 3.63) is 28.7 Å². The molecule has 1 aromatic rings. The number of aliphatic imine (C=N–C) groups is 1. The van der Waals surface area contributed by atoms with Gasteiger partial charge in [-0.15, -0.1) is 0 Å². The van der Waals surface area contributed by atoms with E-state index in [0.29, 0.717) is 17.3 Å². The third kappa shape index (κ3) is 2.21. The summed E-state index contributed by atoms with van der Waals surface area (Å²) in [7, 11) is 1.85. The highest BCUT2D eigenvalue weighted by Gasteiger charge is 2.55. The number of rotatable bonds is 2. The van der Waals surface area contributed by atoms with Crippen LogP contribution in [0.5, 0.6) is 0 Å². The van der Waals surface area contributed by atoms with Gasteiger partial charge in [0.15, 0.2) is 5.70 Å². The van der Waals surface area contributed by atoms with E-state index < -0.39 is 0 Å². The molecule has 0 amide bonds. The quantitative estimate of drug-likeness (QED) is 0.604. The molecule has 5 nitrogen and oxygen atoms in total. The molecule has 2 heterocycles. The first-order chi connectivity index (χ1) is 12.5. The standard InChI is InChI=1S/C21H23N3O2/c1-12-16(6-17(11-22)24(12)2)7-18-19(25)26-20(23-18)21-8-13-3-14(9-21)5-15(4-13)10-21/h6-7,13-15H,3-5,8-10H2,1-2H3. The molecule has 6 rings (SSSR count). The number of aromatic nitrogens is 1. The fourth-order valence-corrected chi connectivity index (χ4v) is 6.13. The molecule has 0 saturated heterocycles. The first-order valence-corrected chi connectivity index (χ1v) is 9.57. The number of nitrogens with zero attached hydrogens (tertiary/aromatic N) is 3. The highest BCUT2D eigenvalue weighted by atomic mass is 16.6. The smallest absolute Gasteiger partial charge is 0.363 e. The molecule has 5 heteroatoms. The van der Waals surface area contributed by atoms with Gasteiger partial charge in [0.25, 0.3) is 0 Å². The number of hydrogen-bond donors (Lipinski definition) is 0. The van der Waals surface area contributed by atoms with Gasteiger partial charge >= 0.3 is 5.97 Å². The predicted octanol–water partition coefficient (Wildman–Crippen LogP) is 3.72. The van der Waals surface area contributed by atoms with E-state index in [1.54, 1.807) is 12.1 Å². The zero-order chi connectivity index (χ0) is 18.1. The lowest BCUT2D eigenvalue weighted by Crippen LogP contribution is -2.50. The van der Waals surface area contributed by atoms with Crippen molar-refractivity contribution in [2.24, 2.45) is 35.2 Å². The van der Waals surface area contributed by atoms with Crippen molar-refractivity contribution in [3.8, 4) is 6.07 Å². The monoisotopic (exact) mass is 349 g/mol. The summed E-state index contributed by atoms with van der Waals surface area (Å²) in [5.41, 5.74) is 2.73. The third-order valence-corrected chi connectivity index (χ3v) is 7.09. The Balaban J connectivity index is 1.50. The van der Waals surface area contributed by atoms with Crippen LogP contribution in [0.4, 0.5) is 0 Å². The van der Waals surface area contributed by atoms with Gasteiger partial charge in [-0.1, -0.05) is 0 Å². The van der Waals surface area contributed by atoms with Crippen LogP contribution in [0.1, 0.15) is 55.5 Å². The number of carbonyl (C=O) groups is 1. The van der Waals surface area contributed by atoms with Gasteiger partial charge in [0.05, 0.1) is 0 Å². The number of cyclic esters (lactones) is 1. The number of ether oxygens (including phenoxy) is 1. The normalized spacial score (nSPS) is 36.3. The van der Waals surface area contributed by atoms with Crippen molar-refractivity contribution in [2.45, 2.75) is 45.4 Å². The Kier molecular flexibility index (Phi) is 3.25. The van der Waals surface area contributed by atoms with Crippen molar-refractivity contribution >= 4 is 17.9 Å². The van der Waals surface area contributed by atoms with Crippen LogP contribution in [-0.4, -0.2) is 16.4 Å². The second-order valence-electron chi connectivity index (χ2n) is 8.78. The van der Waals surface area contributed by atoms with Crippen LogP contribution in [0.25, 0.3) is 6.08 Å². The van der Waals surface area contributed by atoms with Crippen molar-refractivity contribution in [1.29, 1.82) is 5.26 Å². The van der Waals surface area contributed by atoms with Gasteiger partial charge in [0, 0.05) is 18.2 Å². The molecular formula is C21H23N3O2. The molecule has 0 aromatic carbocycles. The summed E-state index contributed by atoms with van der Waals surface area (Å²) in [6.45, 7) is 1.94. The maximum atomic E-state index is 12.5. The van der Waals surface area contributed by atoms with Crippen molar-refractivity contribution < 1.29 is 9.53 Å². The van der Waals surface area contributed by atoms with E-state index >= 15 is 0 Å². The fourth-order valence-electron chi connectivity index (χ4n) is 6.13. The second-order valence-corrected chi connectivity index (χ2v) is 8.78. The maximum absolute atomic E-state index is 12.5. The lowest BCUT2D eigenvalue weighted by Gasteiger charge is -2.55. The molecule has 1 aliphatic heterocycles. The Morgan fingerprint density at radius 3 is 2.42 bits per heavy atom. The second kappa shape index (κ2) is 5.33. The summed E-state index contributed by atoms with van der Waals surface area (Å²) in [6.07, 6.45) is 9.20. The maximum Gasteiger partial charge on any atom is 0.363 e. The molecular weight excluding hydrogens is 326 g/mol. The number of carbonyl (C=O) groups excluding carboxylic acids is 1. The summed E-state index contributed by atoms with van der Waals surface area (Å²) in [5.74, 6) is 2.67. The minimum absolute atomic E-state index is 0.0104. The summed E-state index contributed by atoms with van der Waals surface area (Å²) >= 11 is 0. The van der Waals surface area contributed by atoms with Crippen LogP contribution < -0.4 is 0 Å². The van der Waals surface area contributed by atoms with Crippen molar-refractivity contribution in [3.63, 3.8) is 0 Å². The van der Waals surface area contributed by atoms with Crippen LogP contribution in [-0.2, 0) is 16.6 Å². The molecule has 134 valence electrons. The Morgan fingerprint density at radius 2 is 1.88 bits per heavy atom. The average molecular weight is 349 g/mol. The summed E-state index contributed by atoms with van der Waals surface area (Å²) < 4.78 is 7.53. The molecule has 1 aromatic heterocycles. The van der Waals surface area contributed by atoms with Crippen molar-refractivity contribution in [1.82, 2.24) is 4.57 Å². The van der Waals surface area contributed by atoms with Gasteiger partial charge in [0.2, 0.25) is 5.90 Å². The van der Waals surface area contributed by atoms with Gasteiger partial charge in [-0.25, -0.2) is 9.79 Å². The van der Waals surface area contributed by atoms with Gasteiger partial charge in [-0.3, -0.25) is 0 Å². The average Bonchev–Trinajstić information content (AvgIpc) is 3.09. The Labute approximate surface area is 153 Å². The van der Waals surface area contributed by atoms with Crippen LogP contribution in [0, 0.1) is 41.4 Å². The number of esters is 1.